The second-order valence-electron chi connectivity index (χ2n) is 4.75. The van der Waals surface area contributed by atoms with Gasteiger partial charge in [-0.25, -0.2) is 0 Å². The fourth-order valence-electron chi connectivity index (χ4n) is 2.08. The Labute approximate surface area is 93.9 Å². The lowest BCUT2D eigenvalue weighted by molar-refractivity contribution is 0.176. The molecular weight excluding hydrogens is 184 g/mol. The van der Waals surface area contributed by atoms with Crippen LogP contribution in [0.15, 0.2) is 23.3 Å². The van der Waals surface area contributed by atoms with E-state index >= 15 is 0 Å². The Morgan fingerprint density at radius 1 is 1.20 bits per heavy atom. The van der Waals surface area contributed by atoms with Crippen LogP contribution in [0.2, 0.25) is 0 Å². The van der Waals surface area contributed by atoms with E-state index in [1.54, 1.807) is 11.1 Å². The first kappa shape index (κ1) is 12.5. The van der Waals surface area contributed by atoms with Crippen molar-refractivity contribution in [1.82, 2.24) is 0 Å². The summed E-state index contributed by atoms with van der Waals surface area (Å²) in [5.74, 6) is 0.634. The average Bonchev–Trinajstić information content (AvgIpc) is 2.26. The van der Waals surface area contributed by atoms with Gasteiger partial charge in [-0.3, -0.25) is 0 Å². The van der Waals surface area contributed by atoms with E-state index in [0.717, 1.165) is 12.8 Å². The number of aliphatic hydroxyl groups excluding tert-OH is 1. The first-order valence-corrected chi connectivity index (χ1v) is 6.20. The van der Waals surface area contributed by atoms with E-state index in [-0.39, 0.29) is 6.10 Å². The van der Waals surface area contributed by atoms with Gasteiger partial charge in [-0.2, -0.15) is 0 Å². The minimum Gasteiger partial charge on any atom is -0.393 e. The molecule has 0 bridgehead atoms. The van der Waals surface area contributed by atoms with E-state index in [0.29, 0.717) is 5.92 Å². The highest BCUT2D eigenvalue weighted by Gasteiger charge is 2.12. The smallest absolute Gasteiger partial charge is 0.0512 e. The summed E-state index contributed by atoms with van der Waals surface area (Å²) in [5, 5.41) is 9.25. The van der Waals surface area contributed by atoms with Crippen molar-refractivity contribution in [2.45, 2.75) is 59.0 Å². The maximum absolute atomic E-state index is 9.25. The van der Waals surface area contributed by atoms with E-state index in [4.69, 9.17) is 0 Å². The Morgan fingerprint density at radius 3 is 2.40 bits per heavy atom. The minimum atomic E-state index is -0.154. The van der Waals surface area contributed by atoms with Crippen LogP contribution in [-0.2, 0) is 0 Å². The Balaban J connectivity index is 2.44. The molecule has 0 aromatic rings. The molecule has 86 valence electrons. The molecule has 0 spiro atoms. The second kappa shape index (κ2) is 6.12. The Bertz CT molecular complexity index is 248. The van der Waals surface area contributed by atoms with Crippen molar-refractivity contribution in [2.75, 3.05) is 0 Å². The van der Waals surface area contributed by atoms with Crippen molar-refractivity contribution in [3.05, 3.63) is 23.3 Å². The third-order valence-electron chi connectivity index (χ3n) is 3.37. The number of hydrogen-bond donors (Lipinski definition) is 1. The summed E-state index contributed by atoms with van der Waals surface area (Å²) >= 11 is 0. The van der Waals surface area contributed by atoms with Crippen LogP contribution in [0.25, 0.3) is 0 Å². The Hall–Kier alpha value is -0.560. The molecule has 0 fully saturated rings. The van der Waals surface area contributed by atoms with Crippen molar-refractivity contribution in [1.29, 1.82) is 0 Å². The van der Waals surface area contributed by atoms with Gasteiger partial charge in [0.1, 0.15) is 0 Å². The van der Waals surface area contributed by atoms with Crippen molar-refractivity contribution in [3.8, 4) is 0 Å². The van der Waals surface area contributed by atoms with Crippen molar-refractivity contribution in [2.24, 2.45) is 5.92 Å². The molecule has 0 aliphatic heterocycles. The van der Waals surface area contributed by atoms with Crippen LogP contribution in [0, 0.1) is 5.92 Å². The van der Waals surface area contributed by atoms with Crippen LogP contribution >= 0.6 is 0 Å². The lowest BCUT2D eigenvalue weighted by Crippen LogP contribution is -2.07. The normalized spacial score (nSPS) is 20.5. The quantitative estimate of drug-likeness (QED) is 0.727. The van der Waals surface area contributed by atoms with E-state index in [1.807, 2.05) is 6.92 Å². The van der Waals surface area contributed by atoms with Crippen LogP contribution in [0.3, 0.4) is 0 Å². The van der Waals surface area contributed by atoms with Gasteiger partial charge in [-0.05, 0) is 44.9 Å². The molecule has 0 saturated heterocycles. The molecule has 0 radical (unpaired) electrons. The number of allylic oxidation sites excluding steroid dienone is 4. The standard InChI is InChI=1S/C14H24O/c1-4-13-7-9-14(10-8-13)11(2)5-6-12(3)15/h7,9,11-12,15H,4-6,8,10H2,1-3H3. The summed E-state index contributed by atoms with van der Waals surface area (Å²) in [5.41, 5.74) is 3.13. The van der Waals surface area contributed by atoms with E-state index in [9.17, 15) is 5.11 Å². The monoisotopic (exact) mass is 208 g/mol. The van der Waals surface area contributed by atoms with Gasteiger partial charge in [-0.1, -0.05) is 37.1 Å². The summed E-state index contributed by atoms with van der Waals surface area (Å²) < 4.78 is 0. The maximum Gasteiger partial charge on any atom is 0.0512 e. The number of hydrogen-bond acceptors (Lipinski definition) is 1. The van der Waals surface area contributed by atoms with Crippen LogP contribution in [0.1, 0.15) is 52.9 Å². The molecule has 1 rings (SSSR count). The fraction of sp³-hybridized carbons (Fsp3) is 0.714. The molecule has 1 aliphatic rings. The molecule has 0 aromatic carbocycles. The first-order chi connectivity index (χ1) is 7.13. The van der Waals surface area contributed by atoms with Crippen LogP contribution in [-0.4, -0.2) is 11.2 Å². The Morgan fingerprint density at radius 2 is 1.93 bits per heavy atom. The van der Waals surface area contributed by atoms with Gasteiger partial charge in [0.05, 0.1) is 6.10 Å². The molecule has 2 atom stereocenters. The summed E-state index contributed by atoms with van der Waals surface area (Å²) in [4.78, 5) is 0. The summed E-state index contributed by atoms with van der Waals surface area (Å²) in [6.07, 6.45) is 10.1. The number of aliphatic hydroxyl groups is 1. The third-order valence-corrected chi connectivity index (χ3v) is 3.37. The highest BCUT2D eigenvalue weighted by molar-refractivity contribution is 5.25. The summed E-state index contributed by atoms with van der Waals surface area (Å²) in [6, 6.07) is 0. The molecule has 0 saturated carbocycles. The molecule has 1 heteroatoms. The summed E-state index contributed by atoms with van der Waals surface area (Å²) in [7, 11) is 0. The molecule has 1 aliphatic carbocycles. The van der Waals surface area contributed by atoms with Gasteiger partial charge in [0.15, 0.2) is 0 Å². The summed E-state index contributed by atoms with van der Waals surface area (Å²) in [6.45, 7) is 6.37. The fourth-order valence-corrected chi connectivity index (χ4v) is 2.08. The maximum atomic E-state index is 9.25. The van der Waals surface area contributed by atoms with Gasteiger partial charge in [-0.15, -0.1) is 0 Å². The zero-order chi connectivity index (χ0) is 11.3. The lowest BCUT2D eigenvalue weighted by atomic mass is 9.86. The predicted octanol–water partition coefficient (Wildman–Crippen LogP) is 3.84. The SMILES string of the molecule is CCC1=CC=C(C(C)CCC(C)O)CC1. The highest BCUT2D eigenvalue weighted by atomic mass is 16.3. The lowest BCUT2D eigenvalue weighted by Gasteiger charge is -2.20. The zero-order valence-electron chi connectivity index (χ0n) is 10.3. The Kier molecular flexibility index (Phi) is 5.10. The van der Waals surface area contributed by atoms with Crippen LogP contribution in [0.4, 0.5) is 0 Å². The van der Waals surface area contributed by atoms with Crippen molar-refractivity contribution >= 4 is 0 Å². The van der Waals surface area contributed by atoms with E-state index < -0.39 is 0 Å². The predicted molar refractivity (Wildman–Crippen MR) is 65.8 cm³/mol. The van der Waals surface area contributed by atoms with Crippen molar-refractivity contribution in [3.63, 3.8) is 0 Å². The molecule has 1 N–H and O–H groups in total. The molecule has 1 nitrogen and oxygen atoms in total. The van der Waals surface area contributed by atoms with Gasteiger partial charge in [0.2, 0.25) is 0 Å². The van der Waals surface area contributed by atoms with Crippen LogP contribution in [0.5, 0.6) is 0 Å². The molecule has 0 heterocycles. The van der Waals surface area contributed by atoms with Gasteiger partial charge in [0.25, 0.3) is 0 Å². The van der Waals surface area contributed by atoms with Gasteiger partial charge < -0.3 is 5.11 Å². The third kappa shape index (κ3) is 4.21. The molecule has 0 amide bonds. The first-order valence-electron chi connectivity index (χ1n) is 6.20. The zero-order valence-corrected chi connectivity index (χ0v) is 10.3. The van der Waals surface area contributed by atoms with Crippen molar-refractivity contribution < 1.29 is 5.11 Å². The molecule has 2 unspecified atom stereocenters. The van der Waals surface area contributed by atoms with E-state index in [1.165, 1.54) is 19.3 Å². The molecular formula is C14H24O. The largest absolute Gasteiger partial charge is 0.393 e. The minimum absolute atomic E-state index is 0.154. The van der Waals surface area contributed by atoms with Crippen LogP contribution < -0.4 is 0 Å². The van der Waals surface area contributed by atoms with Gasteiger partial charge >= 0.3 is 0 Å². The topological polar surface area (TPSA) is 20.2 Å². The van der Waals surface area contributed by atoms with Gasteiger partial charge in [0, 0.05) is 0 Å². The number of rotatable bonds is 5. The second-order valence-corrected chi connectivity index (χ2v) is 4.75. The molecule has 15 heavy (non-hydrogen) atoms. The average molecular weight is 208 g/mol. The molecule has 0 aromatic heterocycles. The van der Waals surface area contributed by atoms with E-state index in [2.05, 4.69) is 26.0 Å². The highest BCUT2D eigenvalue weighted by Crippen LogP contribution is 2.28.